The van der Waals surface area contributed by atoms with E-state index < -0.39 is 0 Å². The minimum absolute atomic E-state index is 0.0893. The summed E-state index contributed by atoms with van der Waals surface area (Å²) in [7, 11) is 0. The molecule has 1 fully saturated rings. The fourth-order valence-corrected chi connectivity index (χ4v) is 3.83. The van der Waals surface area contributed by atoms with Gasteiger partial charge in [0.05, 0.1) is 6.04 Å². The first-order valence-electron chi connectivity index (χ1n) is 12.1. The van der Waals surface area contributed by atoms with E-state index in [0.717, 1.165) is 84.0 Å². The average molecular weight is 425 g/mol. The lowest BCUT2D eigenvalue weighted by molar-refractivity contribution is -0.133. The quantitative estimate of drug-likeness (QED) is 0.351. The van der Waals surface area contributed by atoms with E-state index in [4.69, 9.17) is 5.73 Å². The van der Waals surface area contributed by atoms with Gasteiger partial charge in [-0.3, -0.25) is 14.4 Å². The van der Waals surface area contributed by atoms with Crippen LogP contribution < -0.4 is 11.1 Å². The molecule has 3 amide bonds. The highest BCUT2D eigenvalue weighted by molar-refractivity contribution is 5.83. The van der Waals surface area contributed by atoms with Gasteiger partial charge in [0, 0.05) is 39.0 Å². The van der Waals surface area contributed by atoms with E-state index in [1.165, 1.54) is 0 Å². The fraction of sp³-hybridized carbons (Fsp3) is 0.870. The van der Waals surface area contributed by atoms with Gasteiger partial charge in [0.1, 0.15) is 0 Å². The number of nitrogens with zero attached hydrogens (tertiary/aromatic N) is 2. The second kappa shape index (κ2) is 16.1. The Hall–Kier alpha value is -1.63. The van der Waals surface area contributed by atoms with Gasteiger partial charge < -0.3 is 20.9 Å². The molecule has 1 atom stereocenters. The van der Waals surface area contributed by atoms with Crippen molar-refractivity contribution < 1.29 is 14.4 Å². The van der Waals surface area contributed by atoms with Crippen LogP contribution in [-0.2, 0) is 14.4 Å². The minimum Gasteiger partial charge on any atom is -0.370 e. The molecule has 3 N–H and O–H groups in total. The SMILES string of the molecule is CCCCN(CCCC)C(=O)CCCCCNC(CCC(N)=O)C(=O)N1CCCC1. The van der Waals surface area contributed by atoms with Gasteiger partial charge in [-0.05, 0) is 51.5 Å². The molecule has 0 aromatic rings. The summed E-state index contributed by atoms with van der Waals surface area (Å²) in [5.74, 6) is -0.00921. The number of hydrogen-bond donors (Lipinski definition) is 2. The van der Waals surface area contributed by atoms with E-state index in [-0.39, 0.29) is 30.2 Å². The van der Waals surface area contributed by atoms with Crippen LogP contribution in [0.2, 0.25) is 0 Å². The summed E-state index contributed by atoms with van der Waals surface area (Å²) in [4.78, 5) is 40.2. The van der Waals surface area contributed by atoms with E-state index in [1.807, 2.05) is 9.80 Å². The summed E-state index contributed by atoms with van der Waals surface area (Å²) in [5, 5.41) is 3.32. The Bertz CT molecular complexity index is 499. The number of carbonyl (C=O) groups excluding carboxylic acids is 3. The number of likely N-dealkylation sites (tertiary alicyclic amines) is 1. The van der Waals surface area contributed by atoms with Gasteiger partial charge in [-0.1, -0.05) is 33.1 Å². The minimum atomic E-state index is -0.370. The second-order valence-electron chi connectivity index (χ2n) is 8.44. The highest BCUT2D eigenvalue weighted by atomic mass is 16.2. The van der Waals surface area contributed by atoms with Crippen molar-refractivity contribution in [3.63, 3.8) is 0 Å². The van der Waals surface area contributed by atoms with Crippen molar-refractivity contribution in [3.8, 4) is 0 Å². The molecule has 1 rings (SSSR count). The Morgan fingerprint density at radius 2 is 1.57 bits per heavy atom. The maximum Gasteiger partial charge on any atom is 0.239 e. The molecule has 1 saturated heterocycles. The van der Waals surface area contributed by atoms with E-state index in [2.05, 4.69) is 19.2 Å². The lowest BCUT2D eigenvalue weighted by Gasteiger charge is -2.24. The third kappa shape index (κ3) is 11.0. The molecule has 1 unspecified atom stereocenters. The van der Waals surface area contributed by atoms with Crippen molar-refractivity contribution in [2.24, 2.45) is 5.73 Å². The zero-order chi connectivity index (χ0) is 22.2. The number of rotatable bonds is 17. The summed E-state index contributed by atoms with van der Waals surface area (Å²) in [5.41, 5.74) is 5.27. The number of nitrogens with one attached hydrogen (secondary N) is 1. The normalized spacial score (nSPS) is 14.7. The summed E-state index contributed by atoms with van der Waals surface area (Å²) in [6.45, 7) is 8.38. The molecule has 0 aromatic heterocycles. The van der Waals surface area contributed by atoms with E-state index >= 15 is 0 Å². The Morgan fingerprint density at radius 1 is 0.933 bits per heavy atom. The van der Waals surface area contributed by atoms with Gasteiger partial charge >= 0.3 is 0 Å². The van der Waals surface area contributed by atoms with E-state index in [1.54, 1.807) is 0 Å². The molecule has 0 spiro atoms. The predicted molar refractivity (Wildman–Crippen MR) is 121 cm³/mol. The third-order valence-electron chi connectivity index (χ3n) is 5.77. The first kappa shape index (κ1) is 26.4. The number of amides is 3. The average Bonchev–Trinajstić information content (AvgIpc) is 3.26. The molecule has 1 heterocycles. The molecule has 174 valence electrons. The lowest BCUT2D eigenvalue weighted by atomic mass is 10.1. The zero-order valence-corrected chi connectivity index (χ0v) is 19.3. The molecule has 30 heavy (non-hydrogen) atoms. The molecule has 0 radical (unpaired) electrons. The monoisotopic (exact) mass is 424 g/mol. The van der Waals surface area contributed by atoms with E-state index in [0.29, 0.717) is 19.4 Å². The molecule has 0 aromatic carbocycles. The molecule has 7 heteroatoms. The summed E-state index contributed by atoms with van der Waals surface area (Å²) < 4.78 is 0. The molecular formula is C23H44N4O3. The maximum absolute atomic E-state index is 12.7. The van der Waals surface area contributed by atoms with Gasteiger partial charge in [0.15, 0.2) is 0 Å². The first-order valence-corrected chi connectivity index (χ1v) is 12.1. The van der Waals surface area contributed by atoms with Gasteiger partial charge in [-0.15, -0.1) is 0 Å². The highest BCUT2D eigenvalue weighted by Crippen LogP contribution is 2.12. The summed E-state index contributed by atoms with van der Waals surface area (Å²) in [6.07, 6.45) is 10.5. The number of carbonyl (C=O) groups is 3. The Labute approximate surface area is 183 Å². The van der Waals surface area contributed by atoms with Crippen molar-refractivity contribution in [1.29, 1.82) is 0 Å². The van der Waals surface area contributed by atoms with Crippen molar-refractivity contribution in [2.45, 2.75) is 96.9 Å². The topological polar surface area (TPSA) is 95.7 Å². The maximum atomic E-state index is 12.7. The van der Waals surface area contributed by atoms with Gasteiger partial charge in [-0.2, -0.15) is 0 Å². The Balaban J connectivity index is 2.31. The number of primary amides is 1. The second-order valence-corrected chi connectivity index (χ2v) is 8.44. The molecule has 1 aliphatic rings. The van der Waals surface area contributed by atoms with Crippen LogP contribution in [0.3, 0.4) is 0 Å². The van der Waals surface area contributed by atoms with E-state index in [9.17, 15) is 14.4 Å². The number of hydrogen-bond acceptors (Lipinski definition) is 4. The smallest absolute Gasteiger partial charge is 0.239 e. The van der Waals surface area contributed by atoms with Gasteiger partial charge in [0.25, 0.3) is 0 Å². The van der Waals surface area contributed by atoms with Crippen LogP contribution in [0.25, 0.3) is 0 Å². The molecule has 0 bridgehead atoms. The van der Waals surface area contributed by atoms with Crippen LogP contribution in [0.5, 0.6) is 0 Å². The highest BCUT2D eigenvalue weighted by Gasteiger charge is 2.26. The molecule has 7 nitrogen and oxygen atoms in total. The van der Waals surface area contributed by atoms with Crippen LogP contribution in [0.1, 0.15) is 90.9 Å². The standard InChI is InChI=1S/C23H44N4O3/c1-3-5-16-26(17-6-4-2)22(29)12-8-7-9-15-25-20(13-14-21(24)28)23(30)27-18-10-11-19-27/h20,25H,3-19H2,1-2H3,(H2,24,28). The predicted octanol–water partition coefficient (Wildman–Crippen LogP) is 2.82. The van der Waals surface area contributed by atoms with Crippen LogP contribution in [-0.4, -0.2) is 66.3 Å². The molecule has 0 saturated carbocycles. The van der Waals surface area contributed by atoms with Crippen molar-refractivity contribution in [2.75, 3.05) is 32.7 Å². The third-order valence-corrected chi connectivity index (χ3v) is 5.77. The van der Waals surface area contributed by atoms with Crippen LogP contribution in [0.15, 0.2) is 0 Å². The molecular weight excluding hydrogens is 380 g/mol. The summed E-state index contributed by atoms with van der Waals surface area (Å²) >= 11 is 0. The zero-order valence-electron chi connectivity index (χ0n) is 19.3. The van der Waals surface area contributed by atoms with Crippen molar-refractivity contribution >= 4 is 17.7 Å². The van der Waals surface area contributed by atoms with Crippen molar-refractivity contribution in [3.05, 3.63) is 0 Å². The first-order chi connectivity index (χ1) is 14.5. The Kier molecular flexibility index (Phi) is 14.2. The Morgan fingerprint density at radius 3 is 2.13 bits per heavy atom. The summed E-state index contributed by atoms with van der Waals surface area (Å²) in [6, 6.07) is -0.337. The van der Waals surface area contributed by atoms with Crippen LogP contribution in [0, 0.1) is 0 Å². The van der Waals surface area contributed by atoms with Crippen LogP contribution in [0.4, 0.5) is 0 Å². The number of nitrogens with two attached hydrogens (primary N) is 1. The van der Waals surface area contributed by atoms with Crippen molar-refractivity contribution in [1.82, 2.24) is 15.1 Å². The largest absolute Gasteiger partial charge is 0.370 e. The van der Waals surface area contributed by atoms with Crippen LogP contribution >= 0.6 is 0 Å². The van der Waals surface area contributed by atoms with Gasteiger partial charge in [0.2, 0.25) is 17.7 Å². The number of unbranched alkanes of at least 4 members (excludes halogenated alkanes) is 4. The molecule has 1 aliphatic heterocycles. The van der Waals surface area contributed by atoms with Gasteiger partial charge in [-0.25, -0.2) is 0 Å². The molecule has 0 aliphatic carbocycles. The lowest BCUT2D eigenvalue weighted by Crippen LogP contribution is -2.46. The fourth-order valence-electron chi connectivity index (χ4n) is 3.83.